The van der Waals surface area contributed by atoms with Gasteiger partial charge in [-0.2, -0.15) is 0 Å². The molecule has 0 saturated carbocycles. The molecule has 0 aromatic heterocycles. The van der Waals surface area contributed by atoms with Crippen LogP contribution in [0, 0.1) is 6.92 Å². The number of benzene rings is 1. The number of amides is 1. The minimum Gasteiger partial charge on any atom is -0.478 e. The lowest BCUT2D eigenvalue weighted by Crippen LogP contribution is -2.25. The fourth-order valence-electron chi connectivity index (χ4n) is 1.79. The first-order chi connectivity index (χ1) is 9.88. The number of aliphatic carboxylic acids is 1. The largest absolute Gasteiger partial charge is 0.478 e. The summed E-state index contributed by atoms with van der Waals surface area (Å²) in [6, 6.07) is 5.18. The van der Waals surface area contributed by atoms with Crippen molar-refractivity contribution in [3.8, 4) is 0 Å². The average Bonchev–Trinajstić information content (AvgIpc) is 2.40. The lowest BCUT2D eigenvalue weighted by atomic mass is 10.1. The van der Waals surface area contributed by atoms with Gasteiger partial charge >= 0.3 is 5.97 Å². The lowest BCUT2D eigenvalue weighted by Gasteiger charge is -2.07. The first kappa shape index (κ1) is 17.1. The van der Waals surface area contributed by atoms with E-state index in [0.29, 0.717) is 29.8 Å². The van der Waals surface area contributed by atoms with Crippen LogP contribution in [0.1, 0.15) is 27.9 Å². The predicted octanol–water partition coefficient (Wildman–Crippen LogP) is 1.59. The molecule has 1 aromatic rings. The van der Waals surface area contributed by atoms with Crippen molar-refractivity contribution in [3.05, 3.63) is 41.0 Å². The fourth-order valence-corrected chi connectivity index (χ4v) is 2.34. The molecule has 1 aromatic carbocycles. The summed E-state index contributed by atoms with van der Waals surface area (Å²) in [6.07, 6.45) is 4.77. The first-order valence-corrected chi connectivity index (χ1v) is 8.22. The van der Waals surface area contributed by atoms with E-state index in [-0.39, 0.29) is 5.91 Å². The van der Waals surface area contributed by atoms with Gasteiger partial charge in [0.2, 0.25) is 0 Å². The van der Waals surface area contributed by atoms with Gasteiger partial charge in [0.05, 0.1) is 0 Å². The van der Waals surface area contributed by atoms with E-state index in [0.717, 1.165) is 11.6 Å². The highest BCUT2D eigenvalue weighted by atomic mass is 32.2. The number of rotatable bonds is 7. The standard InChI is InChI=1S/C15H19NO4S/c1-11-8-12(4-5-14(17)18)10-13(9-11)15(19)16-6-3-7-21(2)20/h4-5,8-10H,3,6-7H2,1-2H3,(H,16,19)(H,17,18)/b5-4+. The molecule has 0 aliphatic rings. The summed E-state index contributed by atoms with van der Waals surface area (Å²) in [4.78, 5) is 22.5. The van der Waals surface area contributed by atoms with Gasteiger partial charge in [0, 0.05) is 41.0 Å². The number of nitrogens with one attached hydrogen (secondary N) is 1. The molecular formula is C15H19NO4S. The normalized spacial score (nSPS) is 12.3. The zero-order valence-electron chi connectivity index (χ0n) is 12.1. The molecule has 0 saturated heterocycles. The molecule has 0 bridgehead atoms. The van der Waals surface area contributed by atoms with E-state index in [1.165, 1.54) is 6.08 Å². The third-order valence-corrected chi connectivity index (χ3v) is 3.54. The molecule has 5 nitrogen and oxygen atoms in total. The predicted molar refractivity (Wildman–Crippen MR) is 83.7 cm³/mol. The Labute approximate surface area is 126 Å². The molecule has 2 N–H and O–H groups in total. The van der Waals surface area contributed by atoms with Gasteiger partial charge in [-0.25, -0.2) is 4.79 Å². The van der Waals surface area contributed by atoms with Crippen LogP contribution < -0.4 is 5.32 Å². The summed E-state index contributed by atoms with van der Waals surface area (Å²) in [6.45, 7) is 2.31. The summed E-state index contributed by atoms with van der Waals surface area (Å²) in [5, 5.41) is 11.4. The number of hydrogen-bond acceptors (Lipinski definition) is 3. The highest BCUT2D eigenvalue weighted by Gasteiger charge is 2.06. The molecule has 0 heterocycles. The Kier molecular flexibility index (Phi) is 6.81. The molecule has 0 spiro atoms. The van der Waals surface area contributed by atoms with Crippen molar-refractivity contribution >= 4 is 28.8 Å². The summed E-state index contributed by atoms with van der Waals surface area (Å²) < 4.78 is 10.9. The first-order valence-electron chi connectivity index (χ1n) is 6.49. The number of carbonyl (C=O) groups excluding carboxylic acids is 1. The van der Waals surface area contributed by atoms with Crippen molar-refractivity contribution in [2.45, 2.75) is 13.3 Å². The highest BCUT2D eigenvalue weighted by Crippen LogP contribution is 2.11. The van der Waals surface area contributed by atoms with E-state index in [2.05, 4.69) is 5.32 Å². The third-order valence-electron chi connectivity index (χ3n) is 2.67. The second-order valence-corrected chi connectivity index (χ2v) is 6.25. The van der Waals surface area contributed by atoms with Crippen molar-refractivity contribution in [2.24, 2.45) is 0 Å². The van der Waals surface area contributed by atoms with Crippen LogP contribution in [0.3, 0.4) is 0 Å². The van der Waals surface area contributed by atoms with E-state index in [9.17, 15) is 13.8 Å². The van der Waals surface area contributed by atoms with Crippen LogP contribution in [-0.2, 0) is 15.6 Å². The summed E-state index contributed by atoms with van der Waals surface area (Å²) >= 11 is 0. The second kappa shape index (κ2) is 8.36. The van der Waals surface area contributed by atoms with Crippen LogP contribution in [-0.4, -0.2) is 39.7 Å². The van der Waals surface area contributed by atoms with Gasteiger partial charge in [0.15, 0.2) is 0 Å². The van der Waals surface area contributed by atoms with Crippen molar-refractivity contribution < 1.29 is 18.9 Å². The molecule has 0 radical (unpaired) electrons. The van der Waals surface area contributed by atoms with Gasteiger partial charge in [-0.15, -0.1) is 0 Å². The number of aryl methyl sites for hydroxylation is 1. The van der Waals surface area contributed by atoms with E-state index in [1.54, 1.807) is 24.5 Å². The molecule has 6 heteroatoms. The maximum Gasteiger partial charge on any atom is 0.328 e. The quantitative estimate of drug-likeness (QED) is 0.592. The minimum absolute atomic E-state index is 0.217. The van der Waals surface area contributed by atoms with E-state index in [4.69, 9.17) is 5.11 Å². The fraction of sp³-hybridized carbons (Fsp3) is 0.333. The third kappa shape index (κ3) is 6.85. The molecular weight excluding hydrogens is 290 g/mol. The highest BCUT2D eigenvalue weighted by molar-refractivity contribution is 7.84. The summed E-state index contributed by atoms with van der Waals surface area (Å²) in [7, 11) is -0.855. The smallest absolute Gasteiger partial charge is 0.328 e. The van der Waals surface area contributed by atoms with E-state index in [1.807, 2.05) is 6.92 Å². The number of hydrogen-bond donors (Lipinski definition) is 2. The number of carboxylic acids is 1. The minimum atomic E-state index is -1.03. The molecule has 1 amide bonds. The molecule has 1 atom stereocenters. The van der Waals surface area contributed by atoms with Crippen molar-refractivity contribution in [3.63, 3.8) is 0 Å². The maximum absolute atomic E-state index is 12.0. The maximum atomic E-state index is 12.0. The Bertz CT molecular complexity index is 581. The molecule has 1 unspecified atom stereocenters. The molecule has 0 fully saturated rings. The Morgan fingerprint density at radius 2 is 2.05 bits per heavy atom. The average molecular weight is 309 g/mol. The lowest BCUT2D eigenvalue weighted by molar-refractivity contribution is -0.131. The van der Waals surface area contributed by atoms with Crippen LogP contribution in [0.15, 0.2) is 24.3 Å². The van der Waals surface area contributed by atoms with Crippen molar-refractivity contribution in [1.29, 1.82) is 0 Å². The monoisotopic (exact) mass is 309 g/mol. The van der Waals surface area contributed by atoms with Crippen LogP contribution in [0.4, 0.5) is 0 Å². The Morgan fingerprint density at radius 3 is 2.67 bits per heavy atom. The van der Waals surface area contributed by atoms with E-state index < -0.39 is 16.8 Å². The Balaban J connectivity index is 2.71. The van der Waals surface area contributed by atoms with Gasteiger partial charge in [-0.05, 0) is 42.7 Å². The number of carboxylic acid groups (broad SMARTS) is 1. The molecule has 114 valence electrons. The molecule has 0 aliphatic heterocycles. The Morgan fingerprint density at radius 1 is 1.33 bits per heavy atom. The van der Waals surface area contributed by atoms with Crippen LogP contribution in [0.5, 0.6) is 0 Å². The van der Waals surface area contributed by atoms with Gasteiger partial charge in [0.1, 0.15) is 0 Å². The summed E-state index contributed by atoms with van der Waals surface area (Å²) in [5.74, 6) is -0.693. The Hall–Kier alpha value is -1.95. The molecule has 1 rings (SSSR count). The van der Waals surface area contributed by atoms with Crippen LogP contribution in [0.2, 0.25) is 0 Å². The number of carbonyl (C=O) groups is 2. The van der Waals surface area contributed by atoms with Crippen LogP contribution >= 0.6 is 0 Å². The van der Waals surface area contributed by atoms with Crippen LogP contribution in [0.25, 0.3) is 6.08 Å². The SMILES string of the molecule is Cc1cc(/C=C/C(=O)O)cc(C(=O)NCCCS(C)=O)c1. The van der Waals surface area contributed by atoms with Crippen molar-refractivity contribution in [2.75, 3.05) is 18.6 Å². The second-order valence-electron chi connectivity index (χ2n) is 4.69. The van der Waals surface area contributed by atoms with Gasteiger partial charge in [-0.3, -0.25) is 9.00 Å². The van der Waals surface area contributed by atoms with Gasteiger partial charge < -0.3 is 10.4 Å². The summed E-state index contributed by atoms with van der Waals surface area (Å²) in [5.41, 5.74) is 2.03. The van der Waals surface area contributed by atoms with Gasteiger partial charge in [0.25, 0.3) is 5.91 Å². The van der Waals surface area contributed by atoms with Crippen molar-refractivity contribution in [1.82, 2.24) is 5.32 Å². The van der Waals surface area contributed by atoms with E-state index >= 15 is 0 Å². The molecule has 0 aliphatic carbocycles. The zero-order valence-corrected chi connectivity index (χ0v) is 12.9. The topological polar surface area (TPSA) is 83.5 Å². The van der Waals surface area contributed by atoms with Gasteiger partial charge in [-0.1, -0.05) is 6.07 Å². The molecule has 21 heavy (non-hydrogen) atoms. The zero-order chi connectivity index (χ0) is 15.8.